The molecule has 1 rings (SSSR count). The number of hydrogen-bond acceptors (Lipinski definition) is 1. The quantitative estimate of drug-likeness (QED) is 0.690. The van der Waals surface area contributed by atoms with Crippen LogP contribution in [0.2, 0.25) is 0 Å². The standard InChI is InChI=1S/C11H13F2NO/c1-7(2)9-5-4-6-10(8(9)3)11(15)14(12)13/h4-7H,1-3H3. The third kappa shape index (κ3) is 2.32. The zero-order chi connectivity index (χ0) is 11.6. The molecule has 0 saturated carbocycles. The summed E-state index contributed by atoms with van der Waals surface area (Å²) in [6.07, 6.45) is 0. The third-order valence-electron chi connectivity index (χ3n) is 2.38. The maximum Gasteiger partial charge on any atom is 0.314 e. The number of carbonyl (C=O) groups is 1. The Morgan fingerprint density at radius 2 is 1.93 bits per heavy atom. The molecule has 1 aromatic rings. The van der Waals surface area contributed by atoms with Gasteiger partial charge in [-0.05, 0) is 30.0 Å². The summed E-state index contributed by atoms with van der Waals surface area (Å²) in [6, 6.07) is 4.88. The van der Waals surface area contributed by atoms with E-state index in [-0.39, 0.29) is 11.5 Å². The smallest absolute Gasteiger partial charge is 0.263 e. The summed E-state index contributed by atoms with van der Waals surface area (Å²) in [5.74, 6) is -1.04. The summed E-state index contributed by atoms with van der Waals surface area (Å²) in [4.78, 5) is 11.1. The minimum absolute atomic E-state index is 0.0613. The van der Waals surface area contributed by atoms with Crippen LogP contribution in [0, 0.1) is 6.92 Å². The maximum atomic E-state index is 12.1. The van der Waals surface area contributed by atoms with Gasteiger partial charge in [0, 0.05) is 10.9 Å². The fourth-order valence-electron chi connectivity index (χ4n) is 1.60. The van der Waals surface area contributed by atoms with E-state index in [9.17, 15) is 13.8 Å². The monoisotopic (exact) mass is 213 g/mol. The molecule has 82 valence electrons. The molecule has 0 aromatic heterocycles. The van der Waals surface area contributed by atoms with Crippen LogP contribution < -0.4 is 0 Å². The first-order valence-electron chi connectivity index (χ1n) is 4.70. The number of amides is 1. The van der Waals surface area contributed by atoms with E-state index in [0.717, 1.165) is 5.56 Å². The lowest BCUT2D eigenvalue weighted by molar-refractivity contribution is -0.108. The van der Waals surface area contributed by atoms with Crippen molar-refractivity contribution in [3.63, 3.8) is 0 Å². The molecule has 15 heavy (non-hydrogen) atoms. The first-order valence-corrected chi connectivity index (χ1v) is 4.70. The Morgan fingerprint density at radius 1 is 1.33 bits per heavy atom. The zero-order valence-electron chi connectivity index (χ0n) is 8.92. The van der Waals surface area contributed by atoms with Crippen molar-refractivity contribution in [2.75, 3.05) is 0 Å². The van der Waals surface area contributed by atoms with Crippen LogP contribution in [-0.4, -0.2) is 11.3 Å². The summed E-state index contributed by atoms with van der Waals surface area (Å²) in [5, 5.41) is -1.38. The predicted octanol–water partition coefficient (Wildman–Crippen LogP) is 3.33. The summed E-state index contributed by atoms with van der Waals surface area (Å²) in [5.41, 5.74) is 1.60. The van der Waals surface area contributed by atoms with Crippen molar-refractivity contribution in [2.24, 2.45) is 0 Å². The minimum Gasteiger partial charge on any atom is -0.263 e. The van der Waals surface area contributed by atoms with Crippen molar-refractivity contribution in [3.05, 3.63) is 34.9 Å². The summed E-state index contributed by atoms with van der Waals surface area (Å²) in [6.45, 7) is 5.60. The van der Waals surface area contributed by atoms with Crippen LogP contribution in [0.25, 0.3) is 0 Å². The van der Waals surface area contributed by atoms with E-state index >= 15 is 0 Å². The van der Waals surface area contributed by atoms with Crippen LogP contribution in [0.5, 0.6) is 0 Å². The predicted molar refractivity (Wildman–Crippen MR) is 53.7 cm³/mol. The molecule has 4 heteroatoms. The molecule has 0 bridgehead atoms. The van der Waals surface area contributed by atoms with E-state index in [1.807, 2.05) is 19.9 Å². The molecule has 0 heterocycles. The highest BCUT2D eigenvalue weighted by Gasteiger charge is 2.19. The Hall–Kier alpha value is -1.45. The van der Waals surface area contributed by atoms with Gasteiger partial charge in [0.15, 0.2) is 0 Å². The van der Waals surface area contributed by atoms with Gasteiger partial charge < -0.3 is 0 Å². The number of halogens is 2. The molecular formula is C11H13F2NO. The van der Waals surface area contributed by atoms with Gasteiger partial charge in [-0.15, -0.1) is 0 Å². The Morgan fingerprint density at radius 3 is 2.40 bits per heavy atom. The van der Waals surface area contributed by atoms with Gasteiger partial charge in [0.25, 0.3) is 0 Å². The lowest BCUT2D eigenvalue weighted by Gasteiger charge is -2.12. The first kappa shape index (κ1) is 11.6. The fraction of sp³-hybridized carbons (Fsp3) is 0.364. The third-order valence-corrected chi connectivity index (χ3v) is 2.38. The second-order valence-corrected chi connectivity index (χ2v) is 3.71. The first-order chi connectivity index (χ1) is 6.95. The highest BCUT2D eigenvalue weighted by Crippen LogP contribution is 2.22. The molecule has 0 spiro atoms. The van der Waals surface area contributed by atoms with Crippen LogP contribution in [0.4, 0.5) is 8.96 Å². The number of rotatable bonds is 2. The largest absolute Gasteiger partial charge is 0.314 e. The summed E-state index contributed by atoms with van der Waals surface area (Å²) >= 11 is 0. The van der Waals surface area contributed by atoms with E-state index in [0.29, 0.717) is 5.56 Å². The summed E-state index contributed by atoms with van der Waals surface area (Å²) in [7, 11) is 0. The van der Waals surface area contributed by atoms with Crippen molar-refractivity contribution in [1.29, 1.82) is 0 Å². The van der Waals surface area contributed by atoms with Crippen LogP contribution in [0.15, 0.2) is 18.2 Å². The molecule has 0 N–H and O–H groups in total. The van der Waals surface area contributed by atoms with Crippen molar-refractivity contribution >= 4 is 5.91 Å². The Bertz CT molecular complexity index is 375. The fourth-order valence-corrected chi connectivity index (χ4v) is 1.60. The van der Waals surface area contributed by atoms with E-state index in [1.165, 1.54) is 6.07 Å². The van der Waals surface area contributed by atoms with Gasteiger partial charge >= 0.3 is 5.91 Å². The number of nitrogens with zero attached hydrogens (tertiary/aromatic N) is 1. The molecule has 0 atom stereocenters. The van der Waals surface area contributed by atoms with Gasteiger partial charge in [0.05, 0.1) is 0 Å². The van der Waals surface area contributed by atoms with E-state index in [2.05, 4.69) is 0 Å². The van der Waals surface area contributed by atoms with E-state index in [4.69, 9.17) is 0 Å². The van der Waals surface area contributed by atoms with Crippen molar-refractivity contribution in [2.45, 2.75) is 26.7 Å². The molecular weight excluding hydrogens is 200 g/mol. The zero-order valence-corrected chi connectivity index (χ0v) is 8.92. The van der Waals surface area contributed by atoms with Crippen LogP contribution in [-0.2, 0) is 0 Å². The Labute approximate surface area is 87.4 Å². The Kier molecular flexibility index (Phi) is 3.39. The van der Waals surface area contributed by atoms with Crippen LogP contribution >= 0.6 is 0 Å². The van der Waals surface area contributed by atoms with Gasteiger partial charge in [-0.2, -0.15) is 0 Å². The molecule has 0 unspecified atom stereocenters. The topological polar surface area (TPSA) is 20.3 Å². The molecule has 0 aliphatic heterocycles. The summed E-state index contributed by atoms with van der Waals surface area (Å²) < 4.78 is 24.2. The van der Waals surface area contributed by atoms with Gasteiger partial charge in [-0.3, -0.25) is 4.79 Å². The second kappa shape index (κ2) is 4.38. The molecule has 0 radical (unpaired) electrons. The van der Waals surface area contributed by atoms with Crippen LogP contribution in [0.1, 0.15) is 41.3 Å². The van der Waals surface area contributed by atoms with Crippen molar-refractivity contribution < 1.29 is 13.8 Å². The van der Waals surface area contributed by atoms with Crippen LogP contribution in [0.3, 0.4) is 0 Å². The lowest BCUT2D eigenvalue weighted by Crippen LogP contribution is -2.15. The Balaban J connectivity index is 3.21. The lowest BCUT2D eigenvalue weighted by atomic mass is 9.94. The molecule has 0 fully saturated rings. The normalized spacial score (nSPS) is 10.5. The second-order valence-electron chi connectivity index (χ2n) is 3.71. The SMILES string of the molecule is Cc1c(C(=O)N(F)F)cccc1C(C)C. The molecule has 0 saturated heterocycles. The molecule has 0 aliphatic rings. The highest BCUT2D eigenvalue weighted by molar-refractivity contribution is 5.94. The molecule has 1 amide bonds. The average molecular weight is 213 g/mol. The van der Waals surface area contributed by atoms with E-state index in [1.54, 1.807) is 13.0 Å². The van der Waals surface area contributed by atoms with Crippen molar-refractivity contribution in [3.8, 4) is 0 Å². The van der Waals surface area contributed by atoms with Gasteiger partial charge in [0.2, 0.25) is 0 Å². The number of hydrogen-bond donors (Lipinski definition) is 0. The molecule has 0 aliphatic carbocycles. The maximum absolute atomic E-state index is 12.1. The van der Waals surface area contributed by atoms with Gasteiger partial charge in [-0.25, -0.2) is 0 Å². The number of carbonyl (C=O) groups excluding carboxylic acids is 1. The van der Waals surface area contributed by atoms with Gasteiger partial charge in [-0.1, -0.05) is 34.9 Å². The number of benzene rings is 1. The average Bonchev–Trinajstić information content (AvgIpc) is 2.16. The minimum atomic E-state index is -1.38. The van der Waals surface area contributed by atoms with E-state index < -0.39 is 11.3 Å². The van der Waals surface area contributed by atoms with Crippen molar-refractivity contribution in [1.82, 2.24) is 5.34 Å². The highest BCUT2D eigenvalue weighted by atomic mass is 19.4. The molecule has 2 nitrogen and oxygen atoms in total. The van der Waals surface area contributed by atoms with Gasteiger partial charge in [0.1, 0.15) is 0 Å². The molecule has 1 aromatic carbocycles.